The molecule has 0 aliphatic carbocycles. The van der Waals surface area contributed by atoms with Gasteiger partial charge in [-0.2, -0.15) is 5.10 Å². The second-order valence-electron chi connectivity index (χ2n) is 8.72. The number of hydrogen-bond donors (Lipinski definition) is 1. The maximum Gasteiger partial charge on any atom is 0.309 e. The van der Waals surface area contributed by atoms with Gasteiger partial charge in [0.25, 0.3) is 5.91 Å². The molecule has 0 atom stereocenters. The van der Waals surface area contributed by atoms with Crippen LogP contribution < -0.4 is 5.32 Å². The summed E-state index contributed by atoms with van der Waals surface area (Å²) in [7, 11) is 0. The van der Waals surface area contributed by atoms with Gasteiger partial charge in [-0.15, -0.1) is 0 Å². The number of rotatable bonds is 6. The monoisotopic (exact) mass is 419 g/mol. The van der Waals surface area contributed by atoms with E-state index in [1.165, 1.54) is 0 Å². The third-order valence-corrected chi connectivity index (χ3v) is 6.73. The molecule has 1 amide bonds. The molecule has 1 aromatic heterocycles. The summed E-state index contributed by atoms with van der Waals surface area (Å²) >= 11 is 0. The molecular weight excluding hydrogens is 386 g/mol. The number of fused-ring (bicyclic) bond motifs is 1. The Labute approximate surface area is 177 Å². The standard InChI is InChI=1S/C22H33N3O5/c1-2-17-19-18(14-22(15-23-20(19)26)6-12-29-13-7-22)25(24-17)8-3-9-30-21(27)16-4-10-28-11-5-16/h16H,2-15H2,1H3,(H,23,26). The molecule has 166 valence electrons. The number of carbonyl (C=O) groups is 2. The number of ether oxygens (including phenoxy) is 3. The molecule has 0 saturated carbocycles. The molecule has 3 aliphatic rings. The van der Waals surface area contributed by atoms with E-state index in [1.54, 1.807) is 0 Å². The molecule has 30 heavy (non-hydrogen) atoms. The zero-order chi connectivity index (χ0) is 21.0. The lowest BCUT2D eigenvalue weighted by Gasteiger charge is -2.36. The molecule has 1 spiro atoms. The maximum absolute atomic E-state index is 12.8. The quantitative estimate of drug-likeness (QED) is 0.559. The van der Waals surface area contributed by atoms with Crippen LogP contribution in [0.5, 0.6) is 0 Å². The lowest BCUT2D eigenvalue weighted by Crippen LogP contribution is -2.40. The van der Waals surface area contributed by atoms with Crippen molar-refractivity contribution in [1.82, 2.24) is 15.1 Å². The van der Waals surface area contributed by atoms with Crippen LogP contribution in [-0.2, 0) is 38.4 Å². The molecule has 0 bridgehead atoms. The average molecular weight is 420 g/mol. The van der Waals surface area contributed by atoms with E-state index in [4.69, 9.17) is 19.3 Å². The van der Waals surface area contributed by atoms with Crippen LogP contribution in [0, 0.1) is 11.3 Å². The molecule has 8 heteroatoms. The lowest BCUT2D eigenvalue weighted by molar-refractivity contribution is -0.151. The third kappa shape index (κ3) is 4.54. The molecule has 2 saturated heterocycles. The van der Waals surface area contributed by atoms with Gasteiger partial charge in [-0.3, -0.25) is 14.3 Å². The summed E-state index contributed by atoms with van der Waals surface area (Å²) < 4.78 is 18.4. The van der Waals surface area contributed by atoms with Crippen LogP contribution in [0.4, 0.5) is 0 Å². The topological polar surface area (TPSA) is 91.7 Å². The van der Waals surface area contributed by atoms with Gasteiger partial charge >= 0.3 is 5.97 Å². The Morgan fingerprint density at radius 3 is 2.70 bits per heavy atom. The molecule has 3 aliphatic heterocycles. The molecule has 0 unspecified atom stereocenters. The van der Waals surface area contributed by atoms with E-state index in [2.05, 4.69) is 5.32 Å². The first-order chi connectivity index (χ1) is 14.6. The fraction of sp³-hybridized carbons (Fsp3) is 0.773. The number of aromatic nitrogens is 2. The van der Waals surface area contributed by atoms with Crippen molar-refractivity contribution < 1.29 is 23.8 Å². The summed E-state index contributed by atoms with van der Waals surface area (Å²) in [5.41, 5.74) is 2.67. The number of esters is 1. The Hall–Kier alpha value is -1.93. The number of amides is 1. The van der Waals surface area contributed by atoms with Crippen molar-refractivity contribution in [2.45, 2.75) is 58.4 Å². The number of carbonyl (C=O) groups excluding carboxylic acids is 2. The fourth-order valence-corrected chi connectivity index (χ4v) is 4.80. The van der Waals surface area contributed by atoms with Crippen molar-refractivity contribution >= 4 is 11.9 Å². The average Bonchev–Trinajstić information content (AvgIpc) is 3.06. The summed E-state index contributed by atoms with van der Waals surface area (Å²) in [4.78, 5) is 25.1. The smallest absolute Gasteiger partial charge is 0.309 e. The Balaban J connectivity index is 1.42. The molecule has 1 aromatic rings. The normalized spacial score (nSPS) is 21.7. The highest BCUT2D eigenvalue weighted by Crippen LogP contribution is 2.37. The van der Waals surface area contributed by atoms with Gasteiger partial charge in [0.05, 0.1) is 29.5 Å². The minimum atomic E-state index is -0.118. The van der Waals surface area contributed by atoms with E-state index >= 15 is 0 Å². The minimum Gasteiger partial charge on any atom is -0.465 e. The predicted molar refractivity (Wildman–Crippen MR) is 109 cm³/mol. The van der Waals surface area contributed by atoms with Crippen molar-refractivity contribution in [1.29, 1.82) is 0 Å². The highest BCUT2D eigenvalue weighted by atomic mass is 16.5. The zero-order valence-electron chi connectivity index (χ0n) is 17.9. The molecule has 8 nitrogen and oxygen atoms in total. The third-order valence-electron chi connectivity index (χ3n) is 6.73. The number of nitrogens with zero attached hydrogens (tertiary/aromatic N) is 2. The van der Waals surface area contributed by atoms with Crippen molar-refractivity contribution in [3.05, 3.63) is 17.0 Å². The van der Waals surface area contributed by atoms with Gasteiger partial charge in [0.15, 0.2) is 0 Å². The first-order valence-electron chi connectivity index (χ1n) is 11.3. The minimum absolute atomic E-state index is 0.0117. The van der Waals surface area contributed by atoms with Gasteiger partial charge in [-0.05, 0) is 43.9 Å². The van der Waals surface area contributed by atoms with Crippen LogP contribution in [0.25, 0.3) is 0 Å². The largest absolute Gasteiger partial charge is 0.465 e. The summed E-state index contributed by atoms with van der Waals surface area (Å²) in [6.45, 7) is 6.48. The van der Waals surface area contributed by atoms with Crippen LogP contribution in [0.15, 0.2) is 0 Å². The van der Waals surface area contributed by atoms with Crippen LogP contribution in [0.3, 0.4) is 0 Å². The Morgan fingerprint density at radius 2 is 1.97 bits per heavy atom. The number of hydrogen-bond acceptors (Lipinski definition) is 6. The SMILES string of the molecule is CCc1nn(CCCOC(=O)C2CCOCC2)c2c1C(=O)NCC1(CCOCC1)C2. The summed E-state index contributed by atoms with van der Waals surface area (Å²) in [5, 5.41) is 7.89. The van der Waals surface area contributed by atoms with Crippen LogP contribution in [-0.4, -0.2) is 61.2 Å². The summed E-state index contributed by atoms with van der Waals surface area (Å²) in [6.07, 6.45) is 5.61. The first kappa shape index (κ1) is 21.3. The molecule has 4 heterocycles. The summed E-state index contributed by atoms with van der Waals surface area (Å²) in [6, 6.07) is 0. The predicted octanol–water partition coefficient (Wildman–Crippen LogP) is 1.89. The molecular formula is C22H33N3O5. The molecule has 0 aromatic carbocycles. The van der Waals surface area contributed by atoms with Gasteiger partial charge < -0.3 is 19.5 Å². The van der Waals surface area contributed by atoms with Crippen molar-refractivity contribution in [3.8, 4) is 0 Å². The Bertz CT molecular complexity index is 763. The van der Waals surface area contributed by atoms with Crippen LogP contribution in [0.1, 0.15) is 60.8 Å². The Kier molecular flexibility index (Phi) is 6.73. The zero-order valence-corrected chi connectivity index (χ0v) is 17.9. The number of aryl methyl sites for hydroxylation is 2. The van der Waals surface area contributed by atoms with E-state index < -0.39 is 0 Å². The molecule has 4 rings (SSSR count). The van der Waals surface area contributed by atoms with E-state index in [9.17, 15) is 9.59 Å². The first-order valence-corrected chi connectivity index (χ1v) is 11.3. The van der Waals surface area contributed by atoms with Gasteiger partial charge in [0.1, 0.15) is 0 Å². The van der Waals surface area contributed by atoms with E-state index in [1.807, 2.05) is 11.6 Å². The molecule has 1 N–H and O–H groups in total. The highest BCUT2D eigenvalue weighted by molar-refractivity contribution is 5.97. The van der Waals surface area contributed by atoms with Crippen molar-refractivity contribution in [2.75, 3.05) is 39.6 Å². The van der Waals surface area contributed by atoms with E-state index in [-0.39, 0.29) is 23.2 Å². The number of nitrogens with one attached hydrogen (secondary N) is 1. The lowest BCUT2D eigenvalue weighted by atomic mass is 9.76. The van der Waals surface area contributed by atoms with Gasteiger partial charge in [0.2, 0.25) is 0 Å². The Morgan fingerprint density at radius 1 is 1.23 bits per heavy atom. The second-order valence-corrected chi connectivity index (χ2v) is 8.72. The van der Waals surface area contributed by atoms with Gasteiger partial charge in [-0.1, -0.05) is 6.92 Å². The summed E-state index contributed by atoms with van der Waals surface area (Å²) in [5.74, 6) is -0.168. The van der Waals surface area contributed by atoms with Crippen LogP contribution >= 0.6 is 0 Å². The second kappa shape index (κ2) is 9.47. The van der Waals surface area contributed by atoms with E-state index in [0.29, 0.717) is 39.3 Å². The van der Waals surface area contributed by atoms with Crippen molar-refractivity contribution in [3.63, 3.8) is 0 Å². The van der Waals surface area contributed by atoms with Gasteiger partial charge in [0, 0.05) is 45.9 Å². The maximum atomic E-state index is 12.8. The molecule has 2 fully saturated rings. The molecule has 0 radical (unpaired) electrons. The highest BCUT2D eigenvalue weighted by Gasteiger charge is 2.39. The van der Waals surface area contributed by atoms with Crippen LogP contribution in [0.2, 0.25) is 0 Å². The van der Waals surface area contributed by atoms with Gasteiger partial charge in [-0.25, -0.2) is 0 Å². The fourth-order valence-electron chi connectivity index (χ4n) is 4.80. The van der Waals surface area contributed by atoms with Crippen molar-refractivity contribution in [2.24, 2.45) is 11.3 Å². The van der Waals surface area contributed by atoms with E-state index in [0.717, 1.165) is 68.7 Å².